The highest BCUT2D eigenvalue weighted by Crippen LogP contribution is 2.36. The highest BCUT2D eigenvalue weighted by molar-refractivity contribution is 5.32. The van der Waals surface area contributed by atoms with Crippen LogP contribution >= 0.6 is 0 Å². The first-order chi connectivity index (χ1) is 9.93. The molecule has 2 aliphatic heterocycles. The Hall–Kier alpha value is -0.900. The topological polar surface area (TPSA) is 24.5 Å². The number of nitrogens with zero attached hydrogens (tertiary/aromatic N) is 1. The first kappa shape index (κ1) is 12.8. The third-order valence-corrected chi connectivity index (χ3v) is 5.24. The Balaban J connectivity index is 1.63. The van der Waals surface area contributed by atoms with Gasteiger partial charge in [0.2, 0.25) is 0 Å². The maximum atomic E-state index is 6.03. The molecule has 0 spiro atoms. The van der Waals surface area contributed by atoms with Gasteiger partial charge in [-0.2, -0.15) is 0 Å². The average Bonchev–Trinajstić information content (AvgIpc) is 2.54. The molecule has 3 nitrogen and oxygen atoms in total. The summed E-state index contributed by atoms with van der Waals surface area (Å²) in [5.74, 6) is 0. The molecule has 0 aromatic heterocycles. The van der Waals surface area contributed by atoms with E-state index in [4.69, 9.17) is 4.74 Å². The van der Waals surface area contributed by atoms with Crippen molar-refractivity contribution in [2.75, 3.05) is 19.7 Å². The van der Waals surface area contributed by atoms with Gasteiger partial charge in [0.25, 0.3) is 0 Å². The lowest BCUT2D eigenvalue weighted by Crippen LogP contribution is -2.56. The number of hydrogen-bond acceptors (Lipinski definition) is 3. The summed E-state index contributed by atoms with van der Waals surface area (Å²) < 4.78 is 6.03. The van der Waals surface area contributed by atoms with Gasteiger partial charge in [-0.05, 0) is 24.0 Å². The van der Waals surface area contributed by atoms with Crippen molar-refractivity contribution in [3.05, 3.63) is 35.4 Å². The summed E-state index contributed by atoms with van der Waals surface area (Å²) in [6.45, 7) is 4.09. The fourth-order valence-corrected chi connectivity index (χ4v) is 4.28. The number of rotatable bonds is 1. The number of fused-ring (bicyclic) bond motifs is 2. The Morgan fingerprint density at radius 3 is 3.05 bits per heavy atom. The third kappa shape index (κ3) is 2.18. The SMILES string of the molecule is c1ccc2c(c1)CNCC2N1CCOC2CCCCC21. The van der Waals surface area contributed by atoms with E-state index in [1.165, 1.54) is 36.8 Å². The van der Waals surface area contributed by atoms with Crippen molar-refractivity contribution in [1.29, 1.82) is 0 Å². The second kappa shape index (κ2) is 5.47. The summed E-state index contributed by atoms with van der Waals surface area (Å²) in [5, 5.41) is 3.60. The van der Waals surface area contributed by atoms with Crippen LogP contribution in [0, 0.1) is 0 Å². The monoisotopic (exact) mass is 272 g/mol. The lowest BCUT2D eigenvalue weighted by atomic mass is 9.87. The largest absolute Gasteiger partial charge is 0.375 e. The van der Waals surface area contributed by atoms with E-state index in [0.29, 0.717) is 18.2 Å². The lowest BCUT2D eigenvalue weighted by Gasteiger charge is -2.48. The van der Waals surface area contributed by atoms with Gasteiger partial charge in [-0.25, -0.2) is 0 Å². The molecule has 0 bridgehead atoms. The molecule has 1 aromatic rings. The van der Waals surface area contributed by atoms with Gasteiger partial charge in [0, 0.05) is 31.7 Å². The maximum absolute atomic E-state index is 6.03. The van der Waals surface area contributed by atoms with E-state index < -0.39 is 0 Å². The zero-order chi connectivity index (χ0) is 13.4. The average molecular weight is 272 g/mol. The van der Waals surface area contributed by atoms with Crippen LogP contribution in [0.5, 0.6) is 0 Å². The van der Waals surface area contributed by atoms with Crippen molar-refractivity contribution in [2.24, 2.45) is 0 Å². The Bertz CT molecular complexity index is 474. The van der Waals surface area contributed by atoms with Crippen LogP contribution < -0.4 is 5.32 Å². The summed E-state index contributed by atoms with van der Waals surface area (Å²) in [5.41, 5.74) is 3.01. The summed E-state index contributed by atoms with van der Waals surface area (Å²) in [7, 11) is 0. The predicted molar refractivity (Wildman–Crippen MR) is 79.6 cm³/mol. The van der Waals surface area contributed by atoms with Gasteiger partial charge in [-0.15, -0.1) is 0 Å². The van der Waals surface area contributed by atoms with Crippen molar-refractivity contribution in [1.82, 2.24) is 10.2 Å². The Labute approximate surface area is 121 Å². The molecular weight excluding hydrogens is 248 g/mol. The second-order valence-electron chi connectivity index (χ2n) is 6.34. The minimum Gasteiger partial charge on any atom is -0.375 e. The highest BCUT2D eigenvalue weighted by Gasteiger charge is 2.39. The molecule has 1 N–H and O–H groups in total. The first-order valence-electron chi connectivity index (χ1n) is 8.09. The minimum atomic E-state index is 0.478. The zero-order valence-electron chi connectivity index (χ0n) is 12.1. The molecule has 3 aliphatic rings. The quantitative estimate of drug-likeness (QED) is 0.850. The van der Waals surface area contributed by atoms with E-state index in [0.717, 1.165) is 26.2 Å². The molecule has 108 valence electrons. The van der Waals surface area contributed by atoms with Crippen LogP contribution in [-0.2, 0) is 11.3 Å². The zero-order valence-corrected chi connectivity index (χ0v) is 12.1. The minimum absolute atomic E-state index is 0.478. The number of nitrogens with one attached hydrogen (secondary N) is 1. The second-order valence-corrected chi connectivity index (χ2v) is 6.34. The lowest BCUT2D eigenvalue weighted by molar-refractivity contribution is -0.104. The van der Waals surface area contributed by atoms with Crippen LogP contribution in [0.25, 0.3) is 0 Å². The van der Waals surface area contributed by atoms with E-state index in [2.05, 4.69) is 34.5 Å². The predicted octanol–water partition coefficient (Wildman–Crippen LogP) is 2.47. The molecule has 1 aliphatic carbocycles. The van der Waals surface area contributed by atoms with Gasteiger partial charge in [-0.1, -0.05) is 37.1 Å². The number of hydrogen-bond donors (Lipinski definition) is 1. The van der Waals surface area contributed by atoms with Crippen LogP contribution in [0.4, 0.5) is 0 Å². The molecule has 3 atom stereocenters. The third-order valence-electron chi connectivity index (χ3n) is 5.24. The molecule has 4 rings (SSSR count). The van der Waals surface area contributed by atoms with E-state index in [1.807, 2.05) is 0 Å². The van der Waals surface area contributed by atoms with Crippen molar-refractivity contribution < 1.29 is 4.74 Å². The van der Waals surface area contributed by atoms with Gasteiger partial charge in [0.15, 0.2) is 0 Å². The first-order valence-corrected chi connectivity index (χ1v) is 8.09. The van der Waals surface area contributed by atoms with Crippen LogP contribution in [0.15, 0.2) is 24.3 Å². The molecule has 2 fully saturated rings. The van der Waals surface area contributed by atoms with Crippen LogP contribution in [0.3, 0.4) is 0 Å². The summed E-state index contributed by atoms with van der Waals surface area (Å²) >= 11 is 0. The van der Waals surface area contributed by atoms with Crippen LogP contribution in [-0.4, -0.2) is 36.7 Å². The fourth-order valence-electron chi connectivity index (χ4n) is 4.28. The van der Waals surface area contributed by atoms with Crippen molar-refractivity contribution in [3.63, 3.8) is 0 Å². The van der Waals surface area contributed by atoms with Crippen molar-refractivity contribution in [2.45, 2.75) is 50.4 Å². The van der Waals surface area contributed by atoms with Gasteiger partial charge < -0.3 is 10.1 Å². The normalized spacial score (nSPS) is 34.3. The summed E-state index contributed by atoms with van der Waals surface area (Å²) in [6.07, 6.45) is 5.75. The van der Waals surface area contributed by atoms with Crippen LogP contribution in [0.2, 0.25) is 0 Å². The Kier molecular flexibility index (Phi) is 3.51. The van der Waals surface area contributed by atoms with E-state index >= 15 is 0 Å². The van der Waals surface area contributed by atoms with E-state index in [1.54, 1.807) is 0 Å². The summed E-state index contributed by atoms with van der Waals surface area (Å²) in [6, 6.07) is 10.1. The summed E-state index contributed by atoms with van der Waals surface area (Å²) in [4.78, 5) is 2.73. The number of ether oxygens (including phenoxy) is 1. The molecule has 0 radical (unpaired) electrons. The molecule has 0 amide bonds. The Morgan fingerprint density at radius 1 is 1.15 bits per heavy atom. The number of benzene rings is 1. The van der Waals surface area contributed by atoms with E-state index in [9.17, 15) is 0 Å². The van der Waals surface area contributed by atoms with Gasteiger partial charge in [0.05, 0.1) is 12.7 Å². The molecule has 1 saturated carbocycles. The molecule has 2 heterocycles. The molecule has 1 aromatic carbocycles. The molecule has 1 saturated heterocycles. The maximum Gasteiger partial charge on any atom is 0.0731 e. The van der Waals surface area contributed by atoms with Gasteiger partial charge in [0.1, 0.15) is 0 Å². The smallest absolute Gasteiger partial charge is 0.0731 e. The molecule has 3 heteroatoms. The van der Waals surface area contributed by atoms with Gasteiger partial charge >= 0.3 is 0 Å². The fraction of sp³-hybridized carbons (Fsp3) is 0.647. The van der Waals surface area contributed by atoms with Crippen LogP contribution in [0.1, 0.15) is 42.9 Å². The van der Waals surface area contributed by atoms with Crippen molar-refractivity contribution >= 4 is 0 Å². The molecule has 20 heavy (non-hydrogen) atoms. The van der Waals surface area contributed by atoms with Gasteiger partial charge in [-0.3, -0.25) is 4.90 Å². The highest BCUT2D eigenvalue weighted by atomic mass is 16.5. The standard InChI is InChI=1S/C17H24N2O/c1-2-6-14-13(5-1)11-18-12-16(14)19-9-10-20-17-8-4-3-7-15(17)19/h1-2,5-6,15-18H,3-4,7-12H2. The van der Waals surface area contributed by atoms with E-state index in [-0.39, 0.29) is 0 Å². The van der Waals surface area contributed by atoms with Crippen molar-refractivity contribution in [3.8, 4) is 0 Å². The molecular formula is C17H24N2O. The Morgan fingerprint density at radius 2 is 2.05 bits per heavy atom. The molecule has 3 unspecified atom stereocenters. The number of morpholine rings is 1.